The van der Waals surface area contributed by atoms with Crippen LogP contribution in [-0.4, -0.2) is 39.6 Å². The summed E-state index contributed by atoms with van der Waals surface area (Å²) in [6, 6.07) is 7.94. The molecule has 1 aliphatic rings. The monoisotopic (exact) mass is 660 g/mol. The average Bonchev–Trinajstić information content (AvgIpc) is 3.42. The summed E-state index contributed by atoms with van der Waals surface area (Å²) in [5, 5.41) is 4.12. The Bertz CT molecular complexity index is 1440. The number of allylic oxidation sites excluding steroid dienone is 2. The first kappa shape index (κ1) is 39.1. The van der Waals surface area contributed by atoms with E-state index in [9.17, 15) is 24.0 Å². The number of ketones is 4. The number of carbonyl (C=O) groups is 5. The molecular weight excluding hydrogens is 600 g/mol. The van der Waals surface area contributed by atoms with E-state index in [1.807, 2.05) is 44.3 Å². The first-order chi connectivity index (χ1) is 22.7. The number of fused-ring (bicyclic) bond motifs is 1. The Labute approximate surface area is 288 Å². The molecule has 0 spiro atoms. The molecule has 48 heavy (non-hydrogen) atoms. The Morgan fingerprint density at radius 3 is 2.27 bits per heavy atom. The molecule has 264 valence electrons. The highest BCUT2D eigenvalue weighted by Crippen LogP contribution is 2.35. The predicted octanol–water partition coefficient (Wildman–Crippen LogP) is 8.83. The maximum Gasteiger partial charge on any atom is 0.223 e. The molecule has 0 saturated carbocycles. The van der Waals surface area contributed by atoms with Gasteiger partial charge in [-0.1, -0.05) is 70.4 Å². The van der Waals surface area contributed by atoms with Crippen LogP contribution in [0.1, 0.15) is 137 Å². The molecule has 0 fully saturated rings. The highest BCUT2D eigenvalue weighted by Gasteiger charge is 2.38. The SMILES string of the molecule is CC(=O)C[C@]1(C)CCCCCCC=CCCC[C@@](C)(C(C)=O)NC(=O)[C@H](CC(C)C)CCC(=O)[C@H](Cc2c[nH]c3ccccc23)CC1=O. The summed E-state index contributed by atoms with van der Waals surface area (Å²) in [7, 11) is 0. The summed E-state index contributed by atoms with van der Waals surface area (Å²) in [4.78, 5) is 70.6. The van der Waals surface area contributed by atoms with Crippen molar-refractivity contribution in [2.75, 3.05) is 0 Å². The zero-order chi connectivity index (χ0) is 35.3. The van der Waals surface area contributed by atoms with Crippen molar-refractivity contribution in [3.05, 3.63) is 48.2 Å². The molecular formula is C41H60N2O5. The smallest absolute Gasteiger partial charge is 0.223 e. The first-order valence-electron chi connectivity index (χ1n) is 18.3. The van der Waals surface area contributed by atoms with E-state index in [4.69, 9.17) is 0 Å². The fourth-order valence-electron chi connectivity index (χ4n) is 7.30. The highest BCUT2D eigenvalue weighted by atomic mass is 16.2. The maximum absolute atomic E-state index is 14.2. The molecule has 0 aliphatic carbocycles. The van der Waals surface area contributed by atoms with E-state index in [0.29, 0.717) is 32.1 Å². The van der Waals surface area contributed by atoms with Crippen molar-refractivity contribution in [2.24, 2.45) is 23.2 Å². The van der Waals surface area contributed by atoms with Gasteiger partial charge in [-0.25, -0.2) is 0 Å². The van der Waals surface area contributed by atoms with Gasteiger partial charge in [-0.05, 0) is 96.1 Å². The van der Waals surface area contributed by atoms with Gasteiger partial charge in [0.25, 0.3) is 0 Å². The minimum atomic E-state index is -0.966. The molecule has 1 aliphatic heterocycles. The second-order valence-electron chi connectivity index (χ2n) is 15.4. The van der Waals surface area contributed by atoms with Gasteiger partial charge in [-0.3, -0.25) is 24.0 Å². The number of rotatable bonds is 7. The van der Waals surface area contributed by atoms with Crippen LogP contribution in [0.2, 0.25) is 0 Å². The van der Waals surface area contributed by atoms with Crippen LogP contribution in [0.15, 0.2) is 42.6 Å². The van der Waals surface area contributed by atoms with Crippen molar-refractivity contribution in [1.82, 2.24) is 10.3 Å². The van der Waals surface area contributed by atoms with Gasteiger partial charge in [0, 0.05) is 53.6 Å². The van der Waals surface area contributed by atoms with Crippen LogP contribution >= 0.6 is 0 Å². The molecule has 3 rings (SSSR count). The van der Waals surface area contributed by atoms with Crippen molar-refractivity contribution < 1.29 is 24.0 Å². The molecule has 0 radical (unpaired) electrons. The normalized spacial score (nSPS) is 26.5. The van der Waals surface area contributed by atoms with Crippen LogP contribution in [-0.2, 0) is 30.4 Å². The molecule has 0 unspecified atom stereocenters. The van der Waals surface area contributed by atoms with Gasteiger partial charge >= 0.3 is 0 Å². The van der Waals surface area contributed by atoms with Crippen molar-refractivity contribution >= 4 is 39.9 Å². The molecule has 0 bridgehead atoms. The molecule has 1 aromatic carbocycles. The van der Waals surface area contributed by atoms with E-state index >= 15 is 0 Å². The van der Waals surface area contributed by atoms with Crippen LogP contribution in [0, 0.1) is 23.2 Å². The summed E-state index contributed by atoms with van der Waals surface area (Å²) in [5.41, 5.74) is 0.170. The predicted molar refractivity (Wildman–Crippen MR) is 194 cm³/mol. The Balaban J connectivity index is 1.94. The lowest BCUT2D eigenvalue weighted by atomic mass is 9.72. The lowest BCUT2D eigenvalue weighted by Crippen LogP contribution is -2.53. The molecule has 1 aromatic heterocycles. The number of nitrogens with one attached hydrogen (secondary N) is 2. The molecule has 7 nitrogen and oxygen atoms in total. The topological polar surface area (TPSA) is 113 Å². The summed E-state index contributed by atoms with van der Waals surface area (Å²) in [6.07, 6.45) is 15.8. The average molecular weight is 661 g/mol. The maximum atomic E-state index is 14.2. The number of hydrogen-bond donors (Lipinski definition) is 2. The second kappa shape index (κ2) is 18.4. The number of hydrogen-bond acceptors (Lipinski definition) is 5. The fourth-order valence-corrected chi connectivity index (χ4v) is 7.30. The van der Waals surface area contributed by atoms with Crippen LogP contribution in [0.4, 0.5) is 0 Å². The minimum absolute atomic E-state index is 0.0166. The first-order valence-corrected chi connectivity index (χ1v) is 18.3. The number of aromatic amines is 1. The molecule has 7 heteroatoms. The zero-order valence-electron chi connectivity index (χ0n) is 30.4. The van der Waals surface area contributed by atoms with Gasteiger partial charge < -0.3 is 10.3 Å². The number of para-hydroxylation sites is 1. The molecule has 0 saturated heterocycles. The molecule has 2 heterocycles. The molecule has 2 N–H and O–H groups in total. The lowest BCUT2D eigenvalue weighted by molar-refractivity contribution is -0.136. The van der Waals surface area contributed by atoms with Crippen molar-refractivity contribution in [3.63, 3.8) is 0 Å². The Morgan fingerprint density at radius 1 is 0.896 bits per heavy atom. The van der Waals surface area contributed by atoms with E-state index in [1.165, 1.54) is 13.8 Å². The third kappa shape index (κ3) is 11.7. The summed E-state index contributed by atoms with van der Waals surface area (Å²) in [5.74, 6) is -1.13. The molecule has 1 amide bonds. The van der Waals surface area contributed by atoms with Crippen LogP contribution < -0.4 is 5.32 Å². The lowest BCUT2D eigenvalue weighted by Gasteiger charge is -2.31. The van der Waals surface area contributed by atoms with Gasteiger partial charge in [0.15, 0.2) is 5.78 Å². The van der Waals surface area contributed by atoms with E-state index in [1.54, 1.807) is 0 Å². The minimum Gasteiger partial charge on any atom is -0.361 e. The zero-order valence-corrected chi connectivity index (χ0v) is 30.4. The van der Waals surface area contributed by atoms with Gasteiger partial charge in [-0.2, -0.15) is 0 Å². The Hall–Kier alpha value is -3.35. The van der Waals surface area contributed by atoms with E-state index in [2.05, 4.69) is 36.3 Å². The van der Waals surface area contributed by atoms with E-state index in [-0.39, 0.29) is 54.2 Å². The molecule has 2 aromatic rings. The van der Waals surface area contributed by atoms with Crippen LogP contribution in [0.5, 0.6) is 0 Å². The standard InChI is InChI=1S/C41H60N2O5/c1-29(2)24-32-20-21-37(46)33(25-34-28-42-36-19-15-14-18-35(34)36)26-38(47)40(5,27-30(3)44)22-16-12-10-8-7-9-11-13-17-23-41(6,31(4)45)43-39(32)48/h9,11,14-15,18-19,28-29,32-33,42H,7-8,10,12-13,16-17,20-27H2,1-6H3,(H,43,48)/t32-,33+,40-,41-/m0/s1. The number of Topliss-reactive ketones (excluding diaryl/α,β-unsaturated/α-hetero) is 4. The quantitative estimate of drug-likeness (QED) is 0.288. The van der Waals surface area contributed by atoms with Crippen molar-refractivity contribution in [1.29, 1.82) is 0 Å². The van der Waals surface area contributed by atoms with Gasteiger partial charge in [0.2, 0.25) is 5.91 Å². The summed E-state index contributed by atoms with van der Waals surface area (Å²) in [6.45, 7) is 10.9. The fraction of sp³-hybridized carbons (Fsp3) is 0.634. The van der Waals surface area contributed by atoms with E-state index in [0.717, 1.165) is 61.4 Å². The van der Waals surface area contributed by atoms with Gasteiger partial charge in [0.05, 0.1) is 5.54 Å². The van der Waals surface area contributed by atoms with Gasteiger partial charge in [-0.15, -0.1) is 0 Å². The number of aromatic nitrogens is 1. The Kier molecular flexibility index (Phi) is 15.0. The number of H-pyrrole nitrogens is 1. The number of carbonyl (C=O) groups excluding carboxylic acids is 5. The van der Waals surface area contributed by atoms with Crippen LogP contribution in [0.3, 0.4) is 0 Å². The van der Waals surface area contributed by atoms with Gasteiger partial charge in [0.1, 0.15) is 17.3 Å². The summed E-state index contributed by atoms with van der Waals surface area (Å²) < 4.78 is 0. The highest BCUT2D eigenvalue weighted by molar-refractivity contribution is 5.95. The van der Waals surface area contributed by atoms with Crippen LogP contribution in [0.25, 0.3) is 10.9 Å². The van der Waals surface area contributed by atoms with Crippen molar-refractivity contribution in [3.8, 4) is 0 Å². The molecule has 4 atom stereocenters. The van der Waals surface area contributed by atoms with E-state index < -0.39 is 22.8 Å². The summed E-state index contributed by atoms with van der Waals surface area (Å²) >= 11 is 0. The third-order valence-corrected chi connectivity index (χ3v) is 10.4. The largest absolute Gasteiger partial charge is 0.361 e. The second-order valence-corrected chi connectivity index (χ2v) is 15.4. The van der Waals surface area contributed by atoms with Crippen molar-refractivity contribution in [2.45, 2.75) is 143 Å². The number of benzene rings is 1. The third-order valence-electron chi connectivity index (χ3n) is 10.4. The number of amides is 1. The Morgan fingerprint density at radius 2 is 1.58 bits per heavy atom.